The van der Waals surface area contributed by atoms with Gasteiger partial charge in [0.15, 0.2) is 5.82 Å². The highest BCUT2D eigenvalue weighted by Gasteiger charge is 2.22. The Balaban J connectivity index is 1.92. The third-order valence-electron chi connectivity index (χ3n) is 4.68. The van der Waals surface area contributed by atoms with Crippen molar-refractivity contribution in [1.82, 2.24) is 14.5 Å². The molecule has 0 aliphatic carbocycles. The van der Waals surface area contributed by atoms with Crippen LogP contribution in [0.3, 0.4) is 0 Å². The first-order valence-corrected chi connectivity index (χ1v) is 8.38. The fourth-order valence-corrected chi connectivity index (χ4v) is 3.47. The Labute approximate surface area is 140 Å². The second-order valence-corrected chi connectivity index (χ2v) is 6.32. The summed E-state index contributed by atoms with van der Waals surface area (Å²) in [6, 6.07) is 8.10. The Morgan fingerprint density at radius 2 is 2.21 bits per heavy atom. The SMILES string of the molecule is COCCc1nc2c(N)nc3ccccc3c2n1CC1CCOC1. The molecule has 24 heavy (non-hydrogen) atoms. The Hall–Kier alpha value is -2.18. The topological polar surface area (TPSA) is 75.2 Å². The first kappa shape index (κ1) is 15.4. The number of nitrogens with two attached hydrogens (primary N) is 1. The molecule has 0 saturated carbocycles. The van der Waals surface area contributed by atoms with E-state index in [1.165, 1.54) is 0 Å². The minimum absolute atomic E-state index is 0.490. The van der Waals surface area contributed by atoms with E-state index in [0.29, 0.717) is 18.3 Å². The molecule has 1 unspecified atom stereocenters. The zero-order chi connectivity index (χ0) is 16.5. The highest BCUT2D eigenvalue weighted by molar-refractivity contribution is 6.06. The molecule has 2 N–H and O–H groups in total. The lowest BCUT2D eigenvalue weighted by Crippen LogP contribution is -2.14. The molecule has 6 heteroatoms. The maximum absolute atomic E-state index is 6.20. The number of nitrogens with zero attached hydrogens (tertiary/aromatic N) is 3. The van der Waals surface area contributed by atoms with E-state index >= 15 is 0 Å². The van der Waals surface area contributed by atoms with Crippen molar-refractivity contribution in [3.05, 3.63) is 30.1 Å². The van der Waals surface area contributed by atoms with E-state index in [1.807, 2.05) is 18.2 Å². The number of para-hydroxylation sites is 1. The summed E-state index contributed by atoms with van der Waals surface area (Å²) in [4.78, 5) is 9.31. The number of ether oxygens (including phenoxy) is 2. The highest BCUT2D eigenvalue weighted by atomic mass is 16.5. The van der Waals surface area contributed by atoms with Gasteiger partial charge in [-0.15, -0.1) is 0 Å². The summed E-state index contributed by atoms with van der Waals surface area (Å²) < 4.78 is 13.1. The molecule has 0 radical (unpaired) electrons. The molecule has 1 aliphatic heterocycles. The van der Waals surface area contributed by atoms with Crippen molar-refractivity contribution in [3.8, 4) is 0 Å². The Morgan fingerprint density at radius 3 is 3.00 bits per heavy atom. The van der Waals surface area contributed by atoms with Crippen LogP contribution in [0.2, 0.25) is 0 Å². The molecule has 126 valence electrons. The quantitative estimate of drug-likeness (QED) is 0.779. The van der Waals surface area contributed by atoms with E-state index in [2.05, 4.69) is 15.6 Å². The number of hydrogen-bond donors (Lipinski definition) is 1. The molecule has 6 nitrogen and oxygen atoms in total. The van der Waals surface area contributed by atoms with Crippen LogP contribution >= 0.6 is 0 Å². The predicted octanol–water partition coefficient (Wildman–Crippen LogP) is 2.39. The Bertz CT molecular complexity index is 868. The minimum atomic E-state index is 0.490. The summed E-state index contributed by atoms with van der Waals surface area (Å²) in [5, 5.41) is 1.09. The van der Waals surface area contributed by atoms with Crippen molar-refractivity contribution >= 4 is 27.8 Å². The molecule has 2 aromatic heterocycles. The molecule has 0 bridgehead atoms. The van der Waals surface area contributed by atoms with E-state index in [9.17, 15) is 0 Å². The van der Waals surface area contributed by atoms with Gasteiger partial charge in [0.05, 0.1) is 24.2 Å². The summed E-state index contributed by atoms with van der Waals surface area (Å²) in [6.07, 6.45) is 1.84. The van der Waals surface area contributed by atoms with Crippen molar-refractivity contribution < 1.29 is 9.47 Å². The van der Waals surface area contributed by atoms with Crippen LogP contribution in [0.4, 0.5) is 5.82 Å². The van der Waals surface area contributed by atoms with Crippen molar-refractivity contribution in [3.63, 3.8) is 0 Å². The zero-order valence-corrected chi connectivity index (χ0v) is 13.9. The lowest BCUT2D eigenvalue weighted by atomic mass is 10.1. The number of nitrogen functional groups attached to an aromatic ring is 1. The van der Waals surface area contributed by atoms with Crippen LogP contribution in [0, 0.1) is 5.92 Å². The average molecular weight is 326 g/mol. The maximum Gasteiger partial charge on any atom is 0.152 e. The summed E-state index contributed by atoms with van der Waals surface area (Å²) in [5.41, 5.74) is 8.98. The number of fused-ring (bicyclic) bond motifs is 3. The summed E-state index contributed by atoms with van der Waals surface area (Å²) in [6.45, 7) is 3.18. The molecule has 3 aromatic rings. The normalized spacial score (nSPS) is 18.0. The van der Waals surface area contributed by atoms with Gasteiger partial charge in [0.2, 0.25) is 0 Å². The number of aromatic nitrogens is 3. The molecule has 1 atom stereocenters. The second-order valence-electron chi connectivity index (χ2n) is 6.32. The number of anilines is 1. The lowest BCUT2D eigenvalue weighted by molar-refractivity contribution is 0.181. The third kappa shape index (κ3) is 2.61. The number of pyridine rings is 1. The molecule has 1 saturated heterocycles. The Kier molecular flexibility index (Phi) is 4.08. The molecule has 0 spiro atoms. The molecule has 1 aliphatic rings. The van der Waals surface area contributed by atoms with E-state index < -0.39 is 0 Å². The van der Waals surface area contributed by atoms with E-state index in [1.54, 1.807) is 7.11 Å². The van der Waals surface area contributed by atoms with Gasteiger partial charge in [-0.25, -0.2) is 9.97 Å². The van der Waals surface area contributed by atoms with Crippen molar-refractivity contribution in [2.45, 2.75) is 19.4 Å². The second kappa shape index (κ2) is 6.37. The van der Waals surface area contributed by atoms with Crippen LogP contribution in [0.25, 0.3) is 21.9 Å². The summed E-state index contributed by atoms with van der Waals surface area (Å²) in [7, 11) is 1.71. The number of benzene rings is 1. The van der Waals surface area contributed by atoms with Crippen molar-refractivity contribution in [1.29, 1.82) is 0 Å². The molecule has 1 fully saturated rings. The number of hydrogen-bond acceptors (Lipinski definition) is 5. The van der Waals surface area contributed by atoms with Crippen LogP contribution in [-0.2, 0) is 22.4 Å². The molecule has 3 heterocycles. The van der Waals surface area contributed by atoms with Gasteiger partial charge >= 0.3 is 0 Å². The largest absolute Gasteiger partial charge is 0.384 e. The van der Waals surface area contributed by atoms with Crippen molar-refractivity contribution in [2.75, 3.05) is 32.7 Å². The molecule has 4 rings (SSSR count). The summed E-state index contributed by atoms with van der Waals surface area (Å²) >= 11 is 0. The van der Waals surface area contributed by atoms with E-state index in [4.69, 9.17) is 20.2 Å². The fraction of sp³-hybridized carbons (Fsp3) is 0.444. The third-order valence-corrected chi connectivity index (χ3v) is 4.68. The maximum atomic E-state index is 6.20. The first-order chi connectivity index (χ1) is 11.8. The predicted molar refractivity (Wildman–Crippen MR) is 94.0 cm³/mol. The van der Waals surface area contributed by atoms with Crippen LogP contribution < -0.4 is 5.73 Å². The fourth-order valence-electron chi connectivity index (χ4n) is 3.47. The Morgan fingerprint density at radius 1 is 1.33 bits per heavy atom. The number of methoxy groups -OCH3 is 1. The van der Waals surface area contributed by atoms with Gasteiger partial charge in [-0.2, -0.15) is 0 Å². The van der Waals surface area contributed by atoms with Gasteiger partial charge in [-0.05, 0) is 12.5 Å². The molecule has 0 amide bonds. The van der Waals surface area contributed by atoms with Gasteiger partial charge in [0, 0.05) is 38.0 Å². The van der Waals surface area contributed by atoms with Gasteiger partial charge in [0.1, 0.15) is 11.3 Å². The van der Waals surface area contributed by atoms with Gasteiger partial charge < -0.3 is 19.8 Å². The monoisotopic (exact) mass is 326 g/mol. The van der Waals surface area contributed by atoms with Crippen LogP contribution in [0.15, 0.2) is 24.3 Å². The molecular formula is C18H22N4O2. The standard InChI is InChI=1S/C18H22N4O2/c1-23-8-7-15-21-16-17(22(15)10-12-6-9-24-11-12)13-4-2-3-5-14(13)20-18(16)19/h2-5,12H,6-11H2,1H3,(H2,19,20). The number of imidazole rings is 1. The first-order valence-electron chi connectivity index (χ1n) is 8.38. The number of rotatable bonds is 5. The van der Waals surface area contributed by atoms with Crippen molar-refractivity contribution in [2.24, 2.45) is 5.92 Å². The van der Waals surface area contributed by atoms with Gasteiger partial charge in [-0.3, -0.25) is 0 Å². The van der Waals surface area contributed by atoms with Crippen LogP contribution in [0.5, 0.6) is 0 Å². The smallest absolute Gasteiger partial charge is 0.152 e. The van der Waals surface area contributed by atoms with Gasteiger partial charge in [-0.1, -0.05) is 18.2 Å². The highest BCUT2D eigenvalue weighted by Crippen LogP contribution is 2.30. The molecular weight excluding hydrogens is 304 g/mol. The van der Waals surface area contributed by atoms with E-state index in [0.717, 1.165) is 60.4 Å². The van der Waals surface area contributed by atoms with Gasteiger partial charge in [0.25, 0.3) is 0 Å². The van der Waals surface area contributed by atoms with Crippen LogP contribution in [0.1, 0.15) is 12.2 Å². The molecule has 1 aromatic carbocycles. The average Bonchev–Trinajstić information content (AvgIpc) is 3.22. The zero-order valence-electron chi connectivity index (χ0n) is 13.9. The lowest BCUT2D eigenvalue weighted by Gasteiger charge is -2.14. The van der Waals surface area contributed by atoms with Crippen LogP contribution in [-0.4, -0.2) is 41.5 Å². The minimum Gasteiger partial charge on any atom is -0.384 e. The summed E-state index contributed by atoms with van der Waals surface area (Å²) in [5.74, 6) is 2.00. The van der Waals surface area contributed by atoms with E-state index in [-0.39, 0.29) is 0 Å².